The van der Waals surface area contributed by atoms with Crippen LogP contribution >= 0.6 is 0 Å². The van der Waals surface area contributed by atoms with Gasteiger partial charge in [-0.2, -0.15) is 0 Å². The molecule has 17 heavy (non-hydrogen) atoms. The van der Waals surface area contributed by atoms with Gasteiger partial charge in [0, 0.05) is 19.5 Å². The number of nitrogens with zero attached hydrogens (tertiary/aromatic N) is 1. The van der Waals surface area contributed by atoms with Crippen LogP contribution in [0, 0.1) is 5.92 Å². The predicted octanol–water partition coefficient (Wildman–Crippen LogP) is -0.148. The Hall–Kier alpha value is -1.10. The maximum Gasteiger partial charge on any atom is 0.225 e. The molecule has 2 heterocycles. The summed E-state index contributed by atoms with van der Waals surface area (Å²) >= 11 is 0. The Kier molecular flexibility index (Phi) is 3.99. The van der Waals surface area contributed by atoms with Crippen LogP contribution in [0.1, 0.15) is 32.1 Å². The van der Waals surface area contributed by atoms with Crippen molar-refractivity contribution in [3.05, 3.63) is 0 Å². The molecule has 96 valence electrons. The summed E-state index contributed by atoms with van der Waals surface area (Å²) < 4.78 is 0. The molecule has 0 bridgehead atoms. The smallest absolute Gasteiger partial charge is 0.225 e. The van der Waals surface area contributed by atoms with Crippen LogP contribution in [0.3, 0.4) is 0 Å². The summed E-state index contributed by atoms with van der Waals surface area (Å²) in [4.78, 5) is 25.5. The fraction of sp³-hybridized carbons (Fsp3) is 0.833. The number of amides is 2. The summed E-state index contributed by atoms with van der Waals surface area (Å²) in [7, 11) is 0. The first kappa shape index (κ1) is 12.4. The van der Waals surface area contributed by atoms with Gasteiger partial charge in [0.05, 0.1) is 12.0 Å². The maximum absolute atomic E-state index is 12.1. The second-order valence-electron chi connectivity index (χ2n) is 4.89. The van der Waals surface area contributed by atoms with Crippen molar-refractivity contribution in [3.63, 3.8) is 0 Å². The molecule has 3 N–H and O–H groups in total. The van der Waals surface area contributed by atoms with E-state index in [9.17, 15) is 9.59 Å². The average molecular weight is 239 g/mol. The van der Waals surface area contributed by atoms with E-state index in [-0.39, 0.29) is 23.8 Å². The zero-order valence-electron chi connectivity index (χ0n) is 10.2. The van der Waals surface area contributed by atoms with Crippen molar-refractivity contribution in [2.75, 3.05) is 19.6 Å². The van der Waals surface area contributed by atoms with Gasteiger partial charge < -0.3 is 16.0 Å². The lowest BCUT2D eigenvalue weighted by atomic mass is 9.91. The summed E-state index contributed by atoms with van der Waals surface area (Å²) in [6.07, 6.45) is 4.17. The molecule has 2 atom stereocenters. The molecular weight excluding hydrogens is 218 g/mol. The molecule has 0 aliphatic carbocycles. The van der Waals surface area contributed by atoms with Crippen LogP contribution in [-0.2, 0) is 9.59 Å². The summed E-state index contributed by atoms with van der Waals surface area (Å²) in [5.41, 5.74) is 5.42. The van der Waals surface area contributed by atoms with Gasteiger partial charge in [-0.15, -0.1) is 0 Å². The average Bonchev–Trinajstić information content (AvgIpc) is 2.71. The molecule has 0 spiro atoms. The molecule has 2 saturated heterocycles. The number of hydrogen-bond acceptors (Lipinski definition) is 3. The van der Waals surface area contributed by atoms with E-state index in [2.05, 4.69) is 5.32 Å². The quantitative estimate of drug-likeness (QED) is 0.670. The third-order valence-electron chi connectivity index (χ3n) is 3.77. The molecule has 0 aromatic carbocycles. The van der Waals surface area contributed by atoms with Gasteiger partial charge in [-0.3, -0.25) is 9.59 Å². The van der Waals surface area contributed by atoms with Gasteiger partial charge >= 0.3 is 0 Å². The largest absolute Gasteiger partial charge is 0.354 e. The number of carbonyl (C=O) groups excluding carboxylic acids is 2. The van der Waals surface area contributed by atoms with Gasteiger partial charge in [0.2, 0.25) is 11.8 Å². The minimum Gasteiger partial charge on any atom is -0.354 e. The van der Waals surface area contributed by atoms with Crippen LogP contribution in [0.4, 0.5) is 0 Å². The van der Waals surface area contributed by atoms with Crippen molar-refractivity contribution in [3.8, 4) is 0 Å². The highest BCUT2D eigenvalue weighted by molar-refractivity contribution is 5.84. The van der Waals surface area contributed by atoms with E-state index in [1.165, 1.54) is 0 Å². The van der Waals surface area contributed by atoms with E-state index >= 15 is 0 Å². The molecule has 2 aliphatic rings. The summed E-state index contributed by atoms with van der Waals surface area (Å²) in [5, 5.41) is 2.86. The van der Waals surface area contributed by atoms with Crippen molar-refractivity contribution < 1.29 is 9.59 Å². The van der Waals surface area contributed by atoms with Gasteiger partial charge in [0.25, 0.3) is 0 Å². The first-order valence-electron chi connectivity index (χ1n) is 6.51. The number of unbranched alkanes of at least 4 members (excludes halogenated alkanes) is 1. The van der Waals surface area contributed by atoms with Gasteiger partial charge in [-0.25, -0.2) is 0 Å². The SMILES string of the molecule is NCCCCC(=O)N1CCCC2C(=O)NCC21. The highest BCUT2D eigenvalue weighted by Gasteiger charge is 2.42. The number of likely N-dealkylation sites (tertiary alicyclic amines) is 1. The monoisotopic (exact) mass is 239 g/mol. The van der Waals surface area contributed by atoms with Crippen molar-refractivity contribution in [1.82, 2.24) is 10.2 Å². The minimum atomic E-state index is 0.0298. The van der Waals surface area contributed by atoms with E-state index in [1.807, 2.05) is 4.90 Å². The van der Waals surface area contributed by atoms with Crippen LogP contribution in [0.25, 0.3) is 0 Å². The van der Waals surface area contributed by atoms with E-state index in [0.717, 1.165) is 32.2 Å². The Morgan fingerprint density at radius 2 is 2.29 bits per heavy atom. The maximum atomic E-state index is 12.1. The Morgan fingerprint density at radius 3 is 3.06 bits per heavy atom. The molecule has 0 aromatic rings. The lowest BCUT2D eigenvalue weighted by molar-refractivity contribution is -0.136. The molecule has 0 radical (unpaired) electrons. The van der Waals surface area contributed by atoms with E-state index in [1.54, 1.807) is 0 Å². The number of piperidine rings is 1. The Labute approximate surface area is 102 Å². The Morgan fingerprint density at radius 1 is 1.47 bits per heavy atom. The fourth-order valence-corrected chi connectivity index (χ4v) is 2.83. The first-order valence-corrected chi connectivity index (χ1v) is 6.51. The molecule has 0 aromatic heterocycles. The molecule has 5 heteroatoms. The third kappa shape index (κ3) is 2.60. The Bertz CT molecular complexity index is 306. The van der Waals surface area contributed by atoms with Crippen LogP contribution in [0.15, 0.2) is 0 Å². The zero-order valence-corrected chi connectivity index (χ0v) is 10.2. The molecule has 2 unspecified atom stereocenters. The third-order valence-corrected chi connectivity index (χ3v) is 3.77. The van der Waals surface area contributed by atoms with Crippen LogP contribution < -0.4 is 11.1 Å². The second kappa shape index (κ2) is 5.49. The first-order chi connectivity index (χ1) is 8.24. The number of nitrogens with two attached hydrogens (primary N) is 1. The number of carbonyl (C=O) groups is 2. The molecule has 2 aliphatic heterocycles. The number of fused-ring (bicyclic) bond motifs is 1. The topological polar surface area (TPSA) is 75.4 Å². The van der Waals surface area contributed by atoms with Crippen molar-refractivity contribution in [1.29, 1.82) is 0 Å². The van der Waals surface area contributed by atoms with Gasteiger partial charge in [0.15, 0.2) is 0 Å². The van der Waals surface area contributed by atoms with E-state index in [0.29, 0.717) is 19.5 Å². The van der Waals surface area contributed by atoms with E-state index < -0.39 is 0 Å². The summed E-state index contributed by atoms with van der Waals surface area (Å²) in [6.45, 7) is 2.07. The van der Waals surface area contributed by atoms with Crippen molar-refractivity contribution in [2.45, 2.75) is 38.1 Å². The van der Waals surface area contributed by atoms with E-state index in [4.69, 9.17) is 5.73 Å². The predicted molar refractivity (Wildman–Crippen MR) is 64.1 cm³/mol. The molecular formula is C12H21N3O2. The molecule has 2 rings (SSSR count). The highest BCUT2D eigenvalue weighted by Crippen LogP contribution is 2.27. The lowest BCUT2D eigenvalue weighted by Gasteiger charge is -2.36. The van der Waals surface area contributed by atoms with Gasteiger partial charge in [-0.05, 0) is 32.2 Å². The minimum absolute atomic E-state index is 0.0298. The second-order valence-corrected chi connectivity index (χ2v) is 4.89. The number of nitrogens with one attached hydrogen (secondary N) is 1. The summed E-state index contributed by atoms with van der Waals surface area (Å²) in [6, 6.07) is 0.0987. The standard InChI is InChI=1S/C12H21N3O2/c13-6-2-1-5-11(16)15-7-3-4-9-10(15)8-14-12(9)17/h9-10H,1-8,13H2,(H,14,17). The van der Waals surface area contributed by atoms with Crippen LogP contribution in [-0.4, -0.2) is 42.4 Å². The highest BCUT2D eigenvalue weighted by atomic mass is 16.2. The molecule has 0 saturated carbocycles. The van der Waals surface area contributed by atoms with Crippen molar-refractivity contribution in [2.24, 2.45) is 11.7 Å². The number of rotatable bonds is 4. The van der Waals surface area contributed by atoms with Crippen LogP contribution in [0.5, 0.6) is 0 Å². The van der Waals surface area contributed by atoms with Gasteiger partial charge in [0.1, 0.15) is 0 Å². The molecule has 2 fully saturated rings. The molecule has 5 nitrogen and oxygen atoms in total. The molecule has 2 amide bonds. The van der Waals surface area contributed by atoms with Crippen molar-refractivity contribution >= 4 is 11.8 Å². The number of hydrogen-bond donors (Lipinski definition) is 2. The fourth-order valence-electron chi connectivity index (χ4n) is 2.83. The van der Waals surface area contributed by atoms with Crippen LogP contribution in [0.2, 0.25) is 0 Å². The zero-order chi connectivity index (χ0) is 12.3. The Balaban J connectivity index is 1.91. The summed E-state index contributed by atoms with van der Waals surface area (Å²) in [5.74, 6) is 0.335. The van der Waals surface area contributed by atoms with Gasteiger partial charge in [-0.1, -0.05) is 0 Å². The normalized spacial score (nSPS) is 27.8. The lowest BCUT2D eigenvalue weighted by Crippen LogP contribution is -2.48.